The fourth-order valence-corrected chi connectivity index (χ4v) is 2.57. The Labute approximate surface area is 165 Å². The van der Waals surface area contributed by atoms with Gasteiger partial charge >= 0.3 is 0 Å². The summed E-state index contributed by atoms with van der Waals surface area (Å²) in [4.78, 5) is 15.4. The number of para-hydroxylation sites is 1. The van der Waals surface area contributed by atoms with Gasteiger partial charge in [-0.25, -0.2) is 4.99 Å². The lowest BCUT2D eigenvalue weighted by molar-refractivity contribution is -0.119. The van der Waals surface area contributed by atoms with Crippen LogP contribution in [0.25, 0.3) is 0 Å². The molecule has 2 rings (SSSR count). The lowest BCUT2D eigenvalue weighted by Gasteiger charge is -2.12. The zero-order valence-electron chi connectivity index (χ0n) is 16.4. The van der Waals surface area contributed by atoms with Crippen molar-refractivity contribution in [3.8, 4) is 11.5 Å². The van der Waals surface area contributed by atoms with Crippen molar-refractivity contribution in [2.75, 3.05) is 26.8 Å². The number of rotatable bonds is 10. The highest BCUT2D eigenvalue weighted by Gasteiger charge is 2.03. The summed E-state index contributed by atoms with van der Waals surface area (Å²) in [6.07, 6.45) is 0.829. The van der Waals surface area contributed by atoms with Gasteiger partial charge in [-0.15, -0.1) is 0 Å². The number of nitrogens with two attached hydrogens (primary N) is 1. The first-order chi connectivity index (χ1) is 13.6. The predicted octanol–water partition coefficient (Wildman–Crippen LogP) is 1.86. The average molecular weight is 384 g/mol. The Morgan fingerprint density at radius 3 is 2.54 bits per heavy atom. The molecule has 150 valence electrons. The van der Waals surface area contributed by atoms with Gasteiger partial charge in [-0.3, -0.25) is 4.79 Å². The Bertz CT molecular complexity index is 775. The van der Waals surface area contributed by atoms with Gasteiger partial charge in [-0.2, -0.15) is 0 Å². The number of ether oxygens (including phenoxy) is 2. The highest BCUT2D eigenvalue weighted by molar-refractivity contribution is 5.79. The highest BCUT2D eigenvalue weighted by Crippen LogP contribution is 2.17. The van der Waals surface area contributed by atoms with Crippen molar-refractivity contribution in [1.82, 2.24) is 10.6 Å². The van der Waals surface area contributed by atoms with Crippen LogP contribution in [0.1, 0.15) is 18.1 Å². The van der Waals surface area contributed by atoms with Gasteiger partial charge < -0.3 is 25.8 Å². The van der Waals surface area contributed by atoms with Crippen LogP contribution < -0.4 is 25.8 Å². The molecular weight excluding hydrogens is 356 g/mol. The number of hydrogen-bond donors (Lipinski definition) is 3. The van der Waals surface area contributed by atoms with Gasteiger partial charge in [0.1, 0.15) is 11.5 Å². The summed E-state index contributed by atoms with van der Waals surface area (Å²) in [7, 11) is 1.66. The largest absolute Gasteiger partial charge is 0.496 e. The van der Waals surface area contributed by atoms with E-state index in [9.17, 15) is 4.79 Å². The van der Waals surface area contributed by atoms with E-state index in [1.54, 1.807) is 7.11 Å². The number of primary amides is 1. The molecule has 0 radical (unpaired) electrons. The quantitative estimate of drug-likeness (QED) is 0.429. The van der Waals surface area contributed by atoms with Crippen LogP contribution in [-0.4, -0.2) is 38.7 Å². The van der Waals surface area contributed by atoms with E-state index >= 15 is 0 Å². The monoisotopic (exact) mass is 384 g/mol. The number of nitrogens with one attached hydrogen (secondary N) is 2. The summed E-state index contributed by atoms with van der Waals surface area (Å²) >= 11 is 0. The van der Waals surface area contributed by atoms with Crippen LogP contribution in [0.2, 0.25) is 0 Å². The molecule has 0 aliphatic carbocycles. The summed E-state index contributed by atoms with van der Waals surface area (Å²) < 4.78 is 10.6. The van der Waals surface area contributed by atoms with Crippen LogP contribution >= 0.6 is 0 Å². The first-order valence-electron chi connectivity index (χ1n) is 9.26. The molecule has 0 fully saturated rings. The summed E-state index contributed by atoms with van der Waals surface area (Å²) in [5, 5.41) is 6.58. The number of methoxy groups -OCH3 is 1. The Hall–Kier alpha value is -3.22. The molecule has 0 aliphatic heterocycles. The van der Waals surface area contributed by atoms with Crippen molar-refractivity contribution in [2.45, 2.75) is 19.9 Å². The van der Waals surface area contributed by atoms with Gasteiger partial charge in [0.15, 0.2) is 12.6 Å². The van der Waals surface area contributed by atoms with Crippen molar-refractivity contribution < 1.29 is 14.3 Å². The van der Waals surface area contributed by atoms with Gasteiger partial charge in [-0.1, -0.05) is 30.3 Å². The number of benzene rings is 2. The van der Waals surface area contributed by atoms with Gasteiger partial charge in [0.2, 0.25) is 0 Å². The van der Waals surface area contributed by atoms with Crippen molar-refractivity contribution in [1.29, 1.82) is 0 Å². The fraction of sp³-hybridized carbons (Fsp3) is 0.333. The molecule has 0 bridgehead atoms. The smallest absolute Gasteiger partial charge is 0.255 e. The van der Waals surface area contributed by atoms with Crippen molar-refractivity contribution in [3.63, 3.8) is 0 Å². The molecule has 0 spiro atoms. The second-order valence-electron chi connectivity index (χ2n) is 6.08. The van der Waals surface area contributed by atoms with E-state index in [1.165, 1.54) is 0 Å². The molecule has 7 heteroatoms. The van der Waals surface area contributed by atoms with E-state index in [2.05, 4.69) is 15.6 Å². The molecule has 0 heterocycles. The molecule has 0 aromatic heterocycles. The molecule has 28 heavy (non-hydrogen) atoms. The maximum atomic E-state index is 10.7. The molecule has 1 amide bonds. The third kappa shape index (κ3) is 7.19. The summed E-state index contributed by atoms with van der Waals surface area (Å²) in [5.74, 6) is 1.73. The maximum Gasteiger partial charge on any atom is 0.255 e. The number of aliphatic imine (C=N–C) groups is 1. The first kappa shape index (κ1) is 21.1. The molecule has 2 aromatic carbocycles. The summed E-state index contributed by atoms with van der Waals surface area (Å²) in [6, 6.07) is 15.5. The Kier molecular flexibility index (Phi) is 8.65. The Morgan fingerprint density at radius 1 is 1.11 bits per heavy atom. The van der Waals surface area contributed by atoms with E-state index in [0.717, 1.165) is 42.3 Å². The van der Waals surface area contributed by atoms with Crippen LogP contribution in [0.4, 0.5) is 0 Å². The van der Waals surface area contributed by atoms with Crippen LogP contribution in [0.5, 0.6) is 11.5 Å². The van der Waals surface area contributed by atoms with Gasteiger partial charge in [0.05, 0.1) is 13.7 Å². The maximum absolute atomic E-state index is 10.7. The van der Waals surface area contributed by atoms with E-state index in [4.69, 9.17) is 15.2 Å². The summed E-state index contributed by atoms with van der Waals surface area (Å²) in [6.45, 7) is 3.97. The lowest BCUT2D eigenvalue weighted by Crippen LogP contribution is -2.38. The first-order valence-corrected chi connectivity index (χ1v) is 9.26. The van der Waals surface area contributed by atoms with Gasteiger partial charge in [0, 0.05) is 18.7 Å². The number of guanidine groups is 1. The highest BCUT2D eigenvalue weighted by atomic mass is 16.5. The van der Waals surface area contributed by atoms with Gasteiger partial charge in [-0.05, 0) is 37.1 Å². The average Bonchev–Trinajstić information content (AvgIpc) is 2.71. The SMILES string of the molecule is CCNC(=NCc1ccccc1OC)NCCc1ccc(OCC(N)=O)cc1. The topological polar surface area (TPSA) is 98.0 Å². The minimum atomic E-state index is -0.489. The molecular formula is C21H28N4O3. The van der Waals surface area contributed by atoms with Crippen molar-refractivity contribution in [2.24, 2.45) is 10.7 Å². The standard InChI is InChI=1S/C21H28N4O3/c1-3-23-21(25-14-17-6-4-5-7-19(17)27-2)24-13-12-16-8-10-18(11-9-16)28-15-20(22)26/h4-11H,3,12-15H2,1-2H3,(H2,22,26)(H2,23,24,25). The van der Waals surface area contributed by atoms with Crippen molar-refractivity contribution in [3.05, 3.63) is 59.7 Å². The minimum absolute atomic E-state index is 0.115. The second kappa shape index (κ2) is 11.5. The third-order valence-corrected chi connectivity index (χ3v) is 3.95. The Morgan fingerprint density at radius 2 is 1.86 bits per heavy atom. The normalized spacial score (nSPS) is 11.0. The second-order valence-corrected chi connectivity index (χ2v) is 6.08. The van der Waals surface area contributed by atoms with Crippen molar-refractivity contribution >= 4 is 11.9 Å². The number of amides is 1. The van der Waals surface area contributed by atoms with E-state index in [-0.39, 0.29) is 6.61 Å². The van der Waals surface area contributed by atoms with Gasteiger partial charge in [0.25, 0.3) is 5.91 Å². The number of nitrogens with zero attached hydrogens (tertiary/aromatic N) is 1. The molecule has 0 atom stereocenters. The van der Waals surface area contributed by atoms with E-state index in [0.29, 0.717) is 12.3 Å². The zero-order chi connectivity index (χ0) is 20.2. The van der Waals surface area contributed by atoms with E-state index < -0.39 is 5.91 Å². The molecule has 4 N–H and O–H groups in total. The number of carbonyl (C=O) groups is 1. The minimum Gasteiger partial charge on any atom is -0.496 e. The third-order valence-electron chi connectivity index (χ3n) is 3.95. The molecule has 7 nitrogen and oxygen atoms in total. The van der Waals surface area contributed by atoms with Crippen LogP contribution in [0.15, 0.2) is 53.5 Å². The molecule has 0 unspecified atom stereocenters. The van der Waals surface area contributed by atoms with Crippen LogP contribution in [0, 0.1) is 0 Å². The molecule has 2 aromatic rings. The zero-order valence-corrected chi connectivity index (χ0v) is 16.4. The number of carbonyl (C=O) groups excluding carboxylic acids is 1. The van der Waals surface area contributed by atoms with Crippen LogP contribution in [-0.2, 0) is 17.8 Å². The van der Waals surface area contributed by atoms with Crippen LogP contribution in [0.3, 0.4) is 0 Å². The number of hydrogen-bond acceptors (Lipinski definition) is 4. The lowest BCUT2D eigenvalue weighted by atomic mass is 10.1. The molecule has 0 saturated carbocycles. The fourth-order valence-electron chi connectivity index (χ4n) is 2.57. The summed E-state index contributed by atoms with van der Waals surface area (Å²) in [5.41, 5.74) is 7.26. The Balaban J connectivity index is 1.86. The molecule has 0 aliphatic rings. The molecule has 0 saturated heterocycles. The predicted molar refractivity (Wildman–Crippen MR) is 111 cm³/mol. The van der Waals surface area contributed by atoms with E-state index in [1.807, 2.05) is 55.5 Å².